The topological polar surface area (TPSA) is 49.3 Å². The Morgan fingerprint density at radius 2 is 1.58 bits per heavy atom. The van der Waals surface area contributed by atoms with Gasteiger partial charge in [0, 0.05) is 11.1 Å². The van der Waals surface area contributed by atoms with Gasteiger partial charge in [0.1, 0.15) is 5.75 Å². The maximum atomic E-state index is 12.5. The molecule has 0 saturated carbocycles. The molecular formula is C18H12F3NO2. The Hall–Kier alpha value is -3.02. The minimum Gasteiger partial charge on any atom is -0.506 e. The third kappa shape index (κ3) is 3.03. The molecule has 3 rings (SSSR count). The maximum Gasteiger partial charge on any atom is 0.416 e. The molecule has 0 spiro atoms. The van der Waals surface area contributed by atoms with Crippen LogP contribution in [0.2, 0.25) is 0 Å². The second-order valence-electron chi connectivity index (χ2n) is 5.21. The molecule has 3 nitrogen and oxygen atoms in total. The maximum absolute atomic E-state index is 12.5. The third-order valence-electron chi connectivity index (χ3n) is 3.62. The molecule has 0 aliphatic heterocycles. The quantitative estimate of drug-likeness (QED) is 0.707. The van der Waals surface area contributed by atoms with Gasteiger partial charge in [0.25, 0.3) is 5.91 Å². The molecule has 0 unspecified atom stereocenters. The molecule has 0 heterocycles. The number of alkyl halides is 3. The number of carbonyl (C=O) groups is 1. The van der Waals surface area contributed by atoms with Crippen molar-refractivity contribution in [1.82, 2.24) is 0 Å². The van der Waals surface area contributed by atoms with Crippen LogP contribution in [0.5, 0.6) is 5.75 Å². The van der Waals surface area contributed by atoms with Crippen LogP contribution in [0, 0.1) is 0 Å². The van der Waals surface area contributed by atoms with E-state index in [1.165, 1.54) is 18.2 Å². The van der Waals surface area contributed by atoms with E-state index in [-0.39, 0.29) is 17.0 Å². The van der Waals surface area contributed by atoms with Gasteiger partial charge in [-0.2, -0.15) is 13.2 Å². The van der Waals surface area contributed by atoms with Gasteiger partial charge in [-0.25, -0.2) is 0 Å². The molecule has 0 saturated heterocycles. The van der Waals surface area contributed by atoms with E-state index in [1.807, 2.05) is 6.07 Å². The number of hydrogen-bond donors (Lipinski definition) is 2. The highest BCUT2D eigenvalue weighted by molar-refractivity contribution is 6.09. The molecule has 6 heteroatoms. The Morgan fingerprint density at radius 1 is 0.917 bits per heavy atom. The fourth-order valence-electron chi connectivity index (χ4n) is 2.38. The average Bonchev–Trinajstić information content (AvgIpc) is 2.55. The summed E-state index contributed by atoms with van der Waals surface area (Å²) in [5.41, 5.74) is -0.539. The molecule has 24 heavy (non-hydrogen) atoms. The van der Waals surface area contributed by atoms with Crippen LogP contribution in [0.3, 0.4) is 0 Å². The van der Waals surface area contributed by atoms with Crippen molar-refractivity contribution in [3.05, 3.63) is 71.8 Å². The molecule has 0 atom stereocenters. The number of phenolic OH excluding ortho intramolecular Hbond substituents is 1. The van der Waals surface area contributed by atoms with Gasteiger partial charge in [-0.3, -0.25) is 4.79 Å². The number of hydrogen-bond acceptors (Lipinski definition) is 2. The summed E-state index contributed by atoms with van der Waals surface area (Å²) in [6.45, 7) is 0. The normalized spacial score (nSPS) is 11.5. The van der Waals surface area contributed by atoms with Crippen molar-refractivity contribution < 1.29 is 23.1 Å². The number of anilines is 1. The highest BCUT2D eigenvalue weighted by atomic mass is 19.4. The predicted octanol–water partition coefficient (Wildman–Crippen LogP) is 4.82. The van der Waals surface area contributed by atoms with Gasteiger partial charge in [0.2, 0.25) is 0 Å². The Balaban J connectivity index is 1.86. The first-order chi connectivity index (χ1) is 11.4. The Labute approximate surface area is 135 Å². The number of nitrogens with one attached hydrogen (secondary N) is 1. The van der Waals surface area contributed by atoms with Crippen molar-refractivity contribution in [2.24, 2.45) is 0 Å². The van der Waals surface area contributed by atoms with Gasteiger partial charge < -0.3 is 10.4 Å². The second kappa shape index (κ2) is 5.88. The lowest BCUT2D eigenvalue weighted by Gasteiger charge is -2.10. The fourth-order valence-corrected chi connectivity index (χ4v) is 2.38. The number of benzene rings is 3. The van der Waals surface area contributed by atoms with Crippen LogP contribution in [0.15, 0.2) is 60.7 Å². The van der Waals surface area contributed by atoms with Crippen LogP contribution < -0.4 is 5.32 Å². The number of carbonyl (C=O) groups excluding carboxylic acids is 1. The van der Waals surface area contributed by atoms with E-state index in [0.717, 1.165) is 17.5 Å². The summed E-state index contributed by atoms with van der Waals surface area (Å²) in [7, 11) is 0. The monoisotopic (exact) mass is 331 g/mol. The molecule has 3 aromatic rings. The fraction of sp³-hybridized carbons (Fsp3) is 0.0556. The molecule has 0 radical (unpaired) electrons. The summed E-state index contributed by atoms with van der Waals surface area (Å²) in [5, 5.41) is 14.0. The number of phenols is 1. The number of fused-ring (bicyclic) bond motifs is 1. The lowest BCUT2D eigenvalue weighted by Crippen LogP contribution is -2.12. The Kier molecular flexibility index (Phi) is 3.89. The second-order valence-corrected chi connectivity index (χ2v) is 5.21. The minimum atomic E-state index is -4.43. The zero-order chi connectivity index (χ0) is 17.3. The molecular weight excluding hydrogens is 319 g/mol. The summed E-state index contributed by atoms with van der Waals surface area (Å²) in [4.78, 5) is 12.3. The smallest absolute Gasteiger partial charge is 0.416 e. The van der Waals surface area contributed by atoms with Gasteiger partial charge in [-0.1, -0.05) is 30.3 Å². The molecule has 122 valence electrons. The lowest BCUT2D eigenvalue weighted by atomic mass is 10.0. The van der Waals surface area contributed by atoms with E-state index < -0.39 is 17.6 Å². The van der Waals surface area contributed by atoms with E-state index >= 15 is 0 Å². The Morgan fingerprint density at radius 3 is 2.25 bits per heavy atom. The summed E-state index contributed by atoms with van der Waals surface area (Å²) in [5.74, 6) is -0.768. The zero-order valence-corrected chi connectivity index (χ0v) is 12.3. The molecule has 0 aliphatic rings. The minimum absolute atomic E-state index is 0.0496. The number of rotatable bonds is 2. The van der Waals surface area contributed by atoms with Crippen LogP contribution >= 0.6 is 0 Å². The van der Waals surface area contributed by atoms with Crippen LogP contribution in [0.4, 0.5) is 18.9 Å². The summed E-state index contributed by atoms with van der Waals surface area (Å²) < 4.78 is 37.6. The van der Waals surface area contributed by atoms with Crippen LogP contribution in [-0.4, -0.2) is 11.0 Å². The molecule has 0 fully saturated rings. The first-order valence-corrected chi connectivity index (χ1v) is 7.05. The molecule has 0 aromatic heterocycles. The highest BCUT2D eigenvalue weighted by Gasteiger charge is 2.30. The number of halogens is 3. The SMILES string of the molecule is O=C(Nc1ccc(C(F)(F)F)cc1)c1ccc2ccccc2c1O. The van der Waals surface area contributed by atoms with Gasteiger partial charge >= 0.3 is 6.18 Å². The van der Waals surface area contributed by atoms with Crippen LogP contribution in [-0.2, 0) is 6.18 Å². The van der Waals surface area contributed by atoms with Crippen LogP contribution in [0.1, 0.15) is 15.9 Å². The van der Waals surface area contributed by atoms with Gasteiger partial charge in [-0.05, 0) is 35.7 Å². The first kappa shape index (κ1) is 15.9. The summed E-state index contributed by atoms with van der Waals surface area (Å²) in [6.07, 6.45) is -4.43. The van der Waals surface area contributed by atoms with Crippen molar-refractivity contribution in [1.29, 1.82) is 0 Å². The van der Waals surface area contributed by atoms with E-state index in [4.69, 9.17) is 0 Å². The van der Waals surface area contributed by atoms with E-state index in [9.17, 15) is 23.1 Å². The van der Waals surface area contributed by atoms with Crippen molar-refractivity contribution in [2.45, 2.75) is 6.18 Å². The summed E-state index contributed by atoms with van der Waals surface area (Å²) >= 11 is 0. The average molecular weight is 331 g/mol. The van der Waals surface area contributed by atoms with Gasteiger partial charge in [-0.15, -0.1) is 0 Å². The van der Waals surface area contributed by atoms with E-state index in [2.05, 4.69) is 5.32 Å². The Bertz CT molecular complexity index is 902. The molecule has 0 aliphatic carbocycles. The van der Waals surface area contributed by atoms with Crippen LogP contribution in [0.25, 0.3) is 10.8 Å². The van der Waals surface area contributed by atoms with E-state index in [0.29, 0.717) is 5.39 Å². The molecule has 2 N–H and O–H groups in total. The largest absolute Gasteiger partial charge is 0.506 e. The van der Waals surface area contributed by atoms with Gasteiger partial charge in [0.15, 0.2) is 0 Å². The molecule has 3 aromatic carbocycles. The van der Waals surface area contributed by atoms with Gasteiger partial charge in [0.05, 0.1) is 11.1 Å². The van der Waals surface area contributed by atoms with Crippen molar-refractivity contribution in [3.8, 4) is 5.75 Å². The first-order valence-electron chi connectivity index (χ1n) is 7.05. The van der Waals surface area contributed by atoms with E-state index in [1.54, 1.807) is 24.3 Å². The molecule has 0 bridgehead atoms. The van der Waals surface area contributed by atoms with Crippen molar-refractivity contribution in [3.63, 3.8) is 0 Å². The highest BCUT2D eigenvalue weighted by Crippen LogP contribution is 2.31. The third-order valence-corrected chi connectivity index (χ3v) is 3.62. The van der Waals surface area contributed by atoms with Crippen molar-refractivity contribution in [2.75, 3.05) is 5.32 Å². The predicted molar refractivity (Wildman–Crippen MR) is 85.0 cm³/mol. The zero-order valence-electron chi connectivity index (χ0n) is 12.3. The molecule has 1 amide bonds. The standard InChI is InChI=1S/C18H12F3NO2/c19-18(20,21)12-6-8-13(9-7-12)22-17(24)15-10-5-11-3-1-2-4-14(11)16(15)23/h1-10,23H,(H,22,24). The summed E-state index contributed by atoms with van der Waals surface area (Å²) in [6, 6.07) is 14.3. The number of amides is 1. The number of aromatic hydroxyl groups is 1. The van der Waals surface area contributed by atoms with Crippen molar-refractivity contribution >= 4 is 22.4 Å². The lowest BCUT2D eigenvalue weighted by molar-refractivity contribution is -0.137.